The van der Waals surface area contributed by atoms with Gasteiger partial charge < -0.3 is 14.6 Å². The van der Waals surface area contributed by atoms with Crippen LogP contribution in [0.25, 0.3) is 0 Å². The summed E-state index contributed by atoms with van der Waals surface area (Å²) in [6, 6.07) is 3.59. The Morgan fingerprint density at radius 1 is 1.28 bits per heavy atom. The van der Waals surface area contributed by atoms with Gasteiger partial charge in [0, 0.05) is 0 Å². The van der Waals surface area contributed by atoms with Gasteiger partial charge in [-0.25, -0.2) is 0 Å². The molecule has 0 aliphatic rings. The fourth-order valence-electron chi connectivity index (χ4n) is 0.960. The minimum atomic E-state index is -4.50. The predicted octanol–water partition coefficient (Wildman–Crippen LogP) is -0.257. The Labute approximate surface area is 101 Å². The fourth-order valence-corrected chi connectivity index (χ4v) is 1.62. The molecule has 0 heterocycles. The van der Waals surface area contributed by atoms with E-state index in [1.54, 1.807) is 0 Å². The lowest BCUT2D eigenvalue weighted by atomic mass is 10.3. The fraction of sp³-hybridized carbons (Fsp3) is 0.222. The third-order valence-electron chi connectivity index (χ3n) is 1.82. The van der Waals surface area contributed by atoms with Crippen molar-refractivity contribution >= 4 is 16.1 Å². The molecule has 0 N–H and O–H groups in total. The Kier molecular flexibility index (Phi) is 3.87. The zero-order chi connectivity index (χ0) is 14.0. The zero-order valence-corrected chi connectivity index (χ0v) is 9.74. The second-order valence-electron chi connectivity index (χ2n) is 3.00. The molecule has 0 radical (unpaired) electrons. The second-order valence-corrected chi connectivity index (χ2v) is 4.71. The van der Waals surface area contributed by atoms with E-state index in [-0.39, 0.29) is 4.90 Å². The highest BCUT2D eigenvalue weighted by molar-refractivity contribution is 7.86. The lowest BCUT2D eigenvalue weighted by molar-refractivity contribution is -0.350. The van der Waals surface area contributed by atoms with Crippen LogP contribution in [0.3, 0.4) is 0 Å². The standard InChI is InChI=1S/C9H8F2O6S/c1-16-18(14,15)7-4-2-6(3-5-7)17-9(10,11)8(12)13/h2-5H,1H3,(H,12,13)/p-1. The molecule has 18 heavy (non-hydrogen) atoms. The van der Waals surface area contributed by atoms with E-state index in [0.29, 0.717) is 0 Å². The lowest BCUT2D eigenvalue weighted by Crippen LogP contribution is -2.45. The monoisotopic (exact) mass is 281 g/mol. The van der Waals surface area contributed by atoms with E-state index in [0.717, 1.165) is 31.4 Å². The molecule has 0 saturated carbocycles. The van der Waals surface area contributed by atoms with Crippen LogP contribution in [-0.2, 0) is 19.1 Å². The van der Waals surface area contributed by atoms with Gasteiger partial charge in [0.2, 0.25) is 0 Å². The van der Waals surface area contributed by atoms with E-state index in [1.165, 1.54) is 0 Å². The molecule has 0 amide bonds. The van der Waals surface area contributed by atoms with E-state index < -0.39 is 27.9 Å². The normalized spacial score (nSPS) is 12.2. The molecule has 1 rings (SSSR count). The van der Waals surface area contributed by atoms with Crippen LogP contribution in [0.5, 0.6) is 5.75 Å². The van der Waals surface area contributed by atoms with Gasteiger partial charge in [0.05, 0.1) is 12.0 Å². The average Bonchev–Trinajstić information content (AvgIpc) is 2.29. The van der Waals surface area contributed by atoms with Crippen molar-refractivity contribution in [1.29, 1.82) is 0 Å². The van der Waals surface area contributed by atoms with Gasteiger partial charge in [-0.2, -0.15) is 17.2 Å². The van der Waals surface area contributed by atoms with Crippen molar-refractivity contribution < 1.29 is 36.0 Å². The van der Waals surface area contributed by atoms with E-state index in [9.17, 15) is 27.1 Å². The van der Waals surface area contributed by atoms with Crippen LogP contribution in [0.4, 0.5) is 8.78 Å². The Morgan fingerprint density at radius 2 is 1.78 bits per heavy atom. The Bertz CT molecular complexity index is 537. The van der Waals surface area contributed by atoms with Crippen LogP contribution in [0, 0.1) is 0 Å². The quantitative estimate of drug-likeness (QED) is 0.690. The second kappa shape index (κ2) is 4.86. The van der Waals surface area contributed by atoms with Crippen LogP contribution in [-0.4, -0.2) is 27.6 Å². The molecule has 6 nitrogen and oxygen atoms in total. The van der Waals surface area contributed by atoms with E-state index in [1.807, 2.05) is 0 Å². The number of carboxylic acid groups (broad SMARTS) is 1. The Morgan fingerprint density at radius 3 is 2.17 bits per heavy atom. The largest absolute Gasteiger partial charge is 0.541 e. The summed E-state index contributed by atoms with van der Waals surface area (Å²) in [5.74, 6) is -3.23. The first-order valence-electron chi connectivity index (χ1n) is 4.38. The number of alkyl halides is 2. The number of hydrogen-bond acceptors (Lipinski definition) is 6. The third kappa shape index (κ3) is 3.14. The third-order valence-corrected chi connectivity index (χ3v) is 3.10. The number of rotatable bonds is 5. The molecule has 0 spiro atoms. The first kappa shape index (κ1) is 14.3. The van der Waals surface area contributed by atoms with Gasteiger partial charge in [-0.3, -0.25) is 4.18 Å². The topological polar surface area (TPSA) is 92.7 Å². The van der Waals surface area contributed by atoms with Crippen molar-refractivity contribution in [3.8, 4) is 5.75 Å². The number of halogens is 2. The molecular formula is C9H7F2O6S-. The first-order chi connectivity index (χ1) is 8.19. The lowest BCUT2D eigenvalue weighted by Gasteiger charge is -2.18. The molecule has 0 bridgehead atoms. The number of carbonyl (C=O) groups excluding carboxylic acids is 1. The van der Waals surface area contributed by atoms with Crippen LogP contribution >= 0.6 is 0 Å². The molecule has 0 atom stereocenters. The molecule has 1 aromatic carbocycles. The molecule has 0 aromatic heterocycles. The van der Waals surface area contributed by atoms with Crippen molar-refractivity contribution in [3.63, 3.8) is 0 Å². The van der Waals surface area contributed by atoms with Crippen molar-refractivity contribution in [2.24, 2.45) is 0 Å². The minimum Gasteiger partial charge on any atom is -0.541 e. The molecule has 0 fully saturated rings. The number of hydrogen-bond donors (Lipinski definition) is 0. The van der Waals surface area contributed by atoms with Crippen LogP contribution in [0.15, 0.2) is 29.2 Å². The highest BCUT2D eigenvalue weighted by atomic mass is 32.2. The van der Waals surface area contributed by atoms with Crippen molar-refractivity contribution in [1.82, 2.24) is 0 Å². The van der Waals surface area contributed by atoms with Crippen molar-refractivity contribution in [2.45, 2.75) is 11.0 Å². The summed E-state index contributed by atoms with van der Waals surface area (Å²) in [5.41, 5.74) is 0. The summed E-state index contributed by atoms with van der Waals surface area (Å²) in [6.45, 7) is 0. The highest BCUT2D eigenvalue weighted by Gasteiger charge is 2.34. The Balaban J connectivity index is 2.95. The number of aliphatic carboxylic acids is 1. The predicted molar refractivity (Wildman–Crippen MR) is 51.2 cm³/mol. The number of carboxylic acids is 1. The number of carbonyl (C=O) groups is 1. The molecule has 0 aliphatic heterocycles. The molecule has 0 saturated heterocycles. The van der Waals surface area contributed by atoms with Gasteiger partial charge in [-0.05, 0) is 24.3 Å². The average molecular weight is 281 g/mol. The summed E-state index contributed by atoms with van der Waals surface area (Å²) in [5, 5.41) is 10.00. The van der Waals surface area contributed by atoms with Gasteiger partial charge in [0.25, 0.3) is 10.1 Å². The zero-order valence-electron chi connectivity index (χ0n) is 8.92. The van der Waals surface area contributed by atoms with Crippen molar-refractivity contribution in [3.05, 3.63) is 24.3 Å². The van der Waals surface area contributed by atoms with Gasteiger partial charge in [0.15, 0.2) is 5.97 Å². The maximum absolute atomic E-state index is 12.6. The maximum atomic E-state index is 12.6. The molecule has 0 unspecified atom stereocenters. The van der Waals surface area contributed by atoms with E-state index >= 15 is 0 Å². The summed E-state index contributed by atoms with van der Waals surface area (Å²) in [6.07, 6.45) is -4.50. The van der Waals surface area contributed by atoms with Gasteiger partial charge in [-0.1, -0.05) is 0 Å². The highest BCUT2D eigenvalue weighted by Crippen LogP contribution is 2.23. The molecule has 9 heteroatoms. The maximum Gasteiger partial charge on any atom is 0.441 e. The van der Waals surface area contributed by atoms with Gasteiger partial charge in [-0.15, -0.1) is 0 Å². The van der Waals surface area contributed by atoms with Crippen molar-refractivity contribution in [2.75, 3.05) is 7.11 Å². The summed E-state index contributed by atoms with van der Waals surface area (Å²) in [7, 11) is -3.01. The summed E-state index contributed by atoms with van der Waals surface area (Å²) < 4.78 is 55.6. The Hall–Kier alpha value is -1.74. The molecule has 1 aromatic rings. The molecule has 100 valence electrons. The summed E-state index contributed by atoms with van der Waals surface area (Å²) >= 11 is 0. The van der Waals surface area contributed by atoms with E-state index in [2.05, 4.69) is 8.92 Å². The SMILES string of the molecule is COS(=O)(=O)c1ccc(OC(F)(F)C(=O)[O-])cc1. The molecular weight excluding hydrogens is 274 g/mol. The van der Waals surface area contributed by atoms with Gasteiger partial charge >= 0.3 is 6.11 Å². The van der Waals surface area contributed by atoms with Crippen LogP contribution in [0.1, 0.15) is 0 Å². The molecule has 0 aliphatic carbocycles. The number of benzene rings is 1. The summed E-state index contributed by atoms with van der Waals surface area (Å²) in [4.78, 5) is 9.71. The number of ether oxygens (including phenoxy) is 1. The first-order valence-corrected chi connectivity index (χ1v) is 5.79. The minimum absolute atomic E-state index is 0.283. The smallest absolute Gasteiger partial charge is 0.441 e. The van der Waals surface area contributed by atoms with Gasteiger partial charge in [0.1, 0.15) is 5.75 Å². The van der Waals surface area contributed by atoms with Crippen LogP contribution in [0.2, 0.25) is 0 Å². The van der Waals surface area contributed by atoms with E-state index in [4.69, 9.17) is 0 Å². The van der Waals surface area contributed by atoms with Crippen LogP contribution < -0.4 is 9.84 Å².